The molecule has 2 aliphatic rings. The van der Waals surface area contributed by atoms with E-state index in [1.54, 1.807) is 10.5 Å². The molecule has 122 valence electrons. The number of aryl methyl sites for hydroxylation is 1. The first-order valence-electron chi connectivity index (χ1n) is 7.97. The van der Waals surface area contributed by atoms with E-state index in [-0.39, 0.29) is 11.4 Å². The van der Waals surface area contributed by atoms with Gasteiger partial charge in [-0.05, 0) is 25.8 Å². The third-order valence-corrected chi connectivity index (χ3v) is 6.83. The van der Waals surface area contributed by atoms with Crippen LogP contribution in [0.2, 0.25) is 0 Å². The fourth-order valence-electron chi connectivity index (χ4n) is 3.21. The van der Waals surface area contributed by atoms with Gasteiger partial charge in [0.15, 0.2) is 5.82 Å². The van der Waals surface area contributed by atoms with Gasteiger partial charge in [-0.2, -0.15) is 4.31 Å². The number of aromatic nitrogens is 2. The van der Waals surface area contributed by atoms with Crippen molar-refractivity contribution in [3.63, 3.8) is 0 Å². The van der Waals surface area contributed by atoms with Crippen molar-refractivity contribution in [3.05, 3.63) is 23.8 Å². The first-order valence-corrected chi connectivity index (χ1v) is 9.48. The Morgan fingerprint density at radius 2 is 2.05 bits per heavy atom. The van der Waals surface area contributed by atoms with E-state index in [4.69, 9.17) is 4.74 Å². The lowest BCUT2D eigenvalue weighted by molar-refractivity contribution is -0.00800. The number of ether oxygens (including phenoxy) is 1. The number of sulfonamides is 1. The average molecular weight is 325 g/mol. The van der Waals surface area contributed by atoms with Crippen LogP contribution in [-0.4, -0.2) is 47.6 Å². The summed E-state index contributed by atoms with van der Waals surface area (Å²) in [6.07, 6.45) is 6.06. The third-order valence-electron chi connectivity index (χ3n) is 4.46. The summed E-state index contributed by atoms with van der Waals surface area (Å²) < 4.78 is 32.9. The van der Waals surface area contributed by atoms with Crippen LogP contribution in [0.3, 0.4) is 0 Å². The number of hydrogen-bond donors (Lipinski definition) is 0. The molecule has 2 fully saturated rings. The van der Waals surface area contributed by atoms with Crippen LogP contribution in [-0.2, 0) is 14.8 Å². The Balaban J connectivity index is 1.75. The van der Waals surface area contributed by atoms with Crippen molar-refractivity contribution in [3.8, 4) is 0 Å². The lowest BCUT2D eigenvalue weighted by Crippen LogP contribution is -2.47. The zero-order valence-corrected chi connectivity index (χ0v) is 13.8. The van der Waals surface area contributed by atoms with Crippen molar-refractivity contribution in [2.75, 3.05) is 19.7 Å². The molecule has 1 aliphatic heterocycles. The highest BCUT2D eigenvalue weighted by Crippen LogP contribution is 2.29. The van der Waals surface area contributed by atoms with E-state index >= 15 is 0 Å². The van der Waals surface area contributed by atoms with Crippen molar-refractivity contribution >= 4 is 10.0 Å². The molecule has 0 bridgehead atoms. The number of morpholine rings is 1. The van der Waals surface area contributed by atoms with Crippen molar-refractivity contribution < 1.29 is 13.2 Å². The van der Waals surface area contributed by atoms with Crippen molar-refractivity contribution in [1.29, 1.82) is 0 Å². The molecule has 2 heterocycles. The quantitative estimate of drug-likeness (QED) is 0.847. The second-order valence-corrected chi connectivity index (χ2v) is 8.29. The number of rotatable bonds is 3. The molecule has 1 unspecified atom stereocenters. The molecular formula is C15H23N3O3S. The van der Waals surface area contributed by atoms with Crippen molar-refractivity contribution in [2.24, 2.45) is 0 Å². The monoisotopic (exact) mass is 325 g/mol. The molecule has 1 aromatic heterocycles. The highest BCUT2D eigenvalue weighted by Gasteiger charge is 2.37. The summed E-state index contributed by atoms with van der Waals surface area (Å²) in [7, 11) is -3.24. The van der Waals surface area contributed by atoms with Gasteiger partial charge >= 0.3 is 0 Å². The lowest BCUT2D eigenvalue weighted by Gasteiger charge is -2.35. The Hall–Kier alpha value is -1.05. The Morgan fingerprint density at radius 3 is 2.77 bits per heavy atom. The molecule has 1 aliphatic carbocycles. The van der Waals surface area contributed by atoms with Gasteiger partial charge in [-0.15, -0.1) is 0 Å². The van der Waals surface area contributed by atoms with E-state index in [1.807, 2.05) is 13.0 Å². The number of nitrogens with zero attached hydrogens (tertiary/aromatic N) is 3. The molecule has 1 saturated carbocycles. The second kappa shape index (κ2) is 6.60. The minimum atomic E-state index is -3.24. The van der Waals surface area contributed by atoms with E-state index in [2.05, 4.69) is 9.97 Å². The summed E-state index contributed by atoms with van der Waals surface area (Å²) in [5, 5.41) is -0.224. The topological polar surface area (TPSA) is 72.4 Å². The smallest absolute Gasteiger partial charge is 0.217 e. The fourth-order valence-corrected chi connectivity index (χ4v) is 5.23. The predicted octanol–water partition coefficient (Wildman–Crippen LogP) is 1.82. The van der Waals surface area contributed by atoms with Crippen molar-refractivity contribution in [2.45, 2.75) is 50.4 Å². The third kappa shape index (κ3) is 3.31. The first kappa shape index (κ1) is 15.8. The van der Waals surface area contributed by atoms with Crippen LogP contribution in [0, 0.1) is 6.92 Å². The molecular weight excluding hydrogens is 302 g/mol. The number of hydrogen-bond acceptors (Lipinski definition) is 5. The largest absolute Gasteiger partial charge is 0.367 e. The van der Waals surface area contributed by atoms with Crippen LogP contribution >= 0.6 is 0 Å². The lowest BCUT2D eigenvalue weighted by atomic mass is 10.0. The molecule has 1 saturated heterocycles. The van der Waals surface area contributed by atoms with E-state index in [9.17, 15) is 8.42 Å². The van der Waals surface area contributed by atoms with Crippen LogP contribution in [0.1, 0.15) is 49.7 Å². The van der Waals surface area contributed by atoms with Gasteiger partial charge in [-0.1, -0.05) is 19.3 Å². The van der Waals surface area contributed by atoms with Crippen LogP contribution in [0.4, 0.5) is 0 Å². The zero-order chi connectivity index (χ0) is 15.6. The average Bonchev–Trinajstić information content (AvgIpc) is 2.56. The molecule has 6 nitrogen and oxygen atoms in total. The van der Waals surface area contributed by atoms with E-state index in [1.165, 1.54) is 0 Å². The fraction of sp³-hybridized carbons (Fsp3) is 0.733. The Labute approximate surface area is 132 Å². The van der Waals surface area contributed by atoms with Crippen LogP contribution < -0.4 is 0 Å². The standard InChI is InChI=1S/C15H23N3O3S/c1-12-7-8-16-15(17-12)14-11-18(9-10-21-14)22(19,20)13-5-3-2-4-6-13/h7-8,13-14H,2-6,9-11H2,1H3. The maximum atomic E-state index is 12.8. The van der Waals surface area contributed by atoms with E-state index in [0.29, 0.717) is 25.5 Å². The maximum Gasteiger partial charge on any atom is 0.217 e. The van der Waals surface area contributed by atoms with Crippen molar-refractivity contribution in [1.82, 2.24) is 14.3 Å². The summed E-state index contributed by atoms with van der Waals surface area (Å²) in [4.78, 5) is 8.60. The summed E-state index contributed by atoms with van der Waals surface area (Å²) in [5.74, 6) is 0.573. The predicted molar refractivity (Wildman–Crippen MR) is 82.8 cm³/mol. The van der Waals surface area contributed by atoms with Gasteiger partial charge in [0.1, 0.15) is 6.10 Å². The van der Waals surface area contributed by atoms with Gasteiger partial charge in [0.25, 0.3) is 0 Å². The molecule has 3 rings (SSSR count). The van der Waals surface area contributed by atoms with Gasteiger partial charge in [-0.25, -0.2) is 18.4 Å². The molecule has 0 amide bonds. The van der Waals surface area contributed by atoms with E-state index in [0.717, 1.165) is 37.8 Å². The van der Waals surface area contributed by atoms with Gasteiger partial charge in [0.2, 0.25) is 10.0 Å². The highest BCUT2D eigenvalue weighted by molar-refractivity contribution is 7.89. The molecule has 0 spiro atoms. The summed E-state index contributed by atoms with van der Waals surface area (Å²) in [6.45, 7) is 3.04. The molecule has 22 heavy (non-hydrogen) atoms. The Bertz CT molecular complexity index is 614. The minimum absolute atomic E-state index is 0.224. The van der Waals surface area contributed by atoms with Crippen LogP contribution in [0.25, 0.3) is 0 Å². The molecule has 1 atom stereocenters. The molecule has 7 heteroatoms. The van der Waals surface area contributed by atoms with Gasteiger partial charge in [-0.3, -0.25) is 0 Å². The summed E-state index contributed by atoms with van der Waals surface area (Å²) in [5.41, 5.74) is 0.862. The second-order valence-electron chi connectivity index (χ2n) is 6.08. The summed E-state index contributed by atoms with van der Waals surface area (Å²) in [6, 6.07) is 1.82. The zero-order valence-electron chi connectivity index (χ0n) is 12.9. The van der Waals surface area contributed by atoms with Crippen LogP contribution in [0.15, 0.2) is 12.3 Å². The van der Waals surface area contributed by atoms with Gasteiger partial charge in [0, 0.05) is 25.0 Å². The molecule has 0 N–H and O–H groups in total. The Kier molecular flexibility index (Phi) is 4.75. The SMILES string of the molecule is Cc1ccnc(C2CN(S(=O)(=O)C3CCCCC3)CCO2)n1. The summed E-state index contributed by atoms with van der Waals surface area (Å²) >= 11 is 0. The Morgan fingerprint density at radius 1 is 1.27 bits per heavy atom. The molecule has 0 aromatic carbocycles. The normalized spacial score (nSPS) is 25.2. The first-order chi connectivity index (χ1) is 10.6. The van der Waals surface area contributed by atoms with Gasteiger partial charge < -0.3 is 4.74 Å². The van der Waals surface area contributed by atoms with Gasteiger partial charge in [0.05, 0.1) is 11.9 Å². The van der Waals surface area contributed by atoms with Crippen LogP contribution in [0.5, 0.6) is 0 Å². The van der Waals surface area contributed by atoms with E-state index < -0.39 is 10.0 Å². The highest BCUT2D eigenvalue weighted by atomic mass is 32.2. The molecule has 0 radical (unpaired) electrons. The maximum absolute atomic E-state index is 12.8. The minimum Gasteiger partial charge on any atom is -0.367 e. The molecule has 1 aromatic rings.